The summed E-state index contributed by atoms with van der Waals surface area (Å²) in [5, 5.41) is 0.496. The molecule has 4 nitrogen and oxygen atoms in total. The summed E-state index contributed by atoms with van der Waals surface area (Å²) in [6, 6.07) is 4.14. The van der Waals surface area contributed by atoms with Crippen molar-refractivity contribution in [3.63, 3.8) is 0 Å². The highest BCUT2D eigenvalue weighted by atomic mass is 35.5. The molecule has 1 heterocycles. The van der Waals surface area contributed by atoms with Crippen LogP contribution in [0.5, 0.6) is 0 Å². The number of nitrogens with zero attached hydrogens (tertiary/aromatic N) is 1. The average molecular weight is 322 g/mol. The molecule has 0 aromatic heterocycles. The van der Waals surface area contributed by atoms with E-state index in [1.165, 1.54) is 22.5 Å². The van der Waals surface area contributed by atoms with Gasteiger partial charge in [0, 0.05) is 29.8 Å². The van der Waals surface area contributed by atoms with E-state index in [0.29, 0.717) is 25.7 Å². The molecule has 1 radical (unpaired) electrons. The minimum atomic E-state index is -3.77. The average Bonchev–Trinajstić information content (AvgIpc) is 2.71. The Morgan fingerprint density at radius 3 is 2.37 bits per heavy atom. The largest absolute Gasteiger partial charge is 0.372 e. The van der Waals surface area contributed by atoms with Gasteiger partial charge in [-0.25, -0.2) is 0 Å². The summed E-state index contributed by atoms with van der Waals surface area (Å²) in [4.78, 5) is 11.2. The molecule has 7 heteroatoms. The van der Waals surface area contributed by atoms with Crippen LogP contribution in [0.1, 0.15) is 19.8 Å². The number of sulfonamides is 1. The minimum absolute atomic E-state index is 0.0139. The Morgan fingerprint density at radius 1 is 1.26 bits per heavy atom. The molecular formula is C12H13Cl2NO3S+. The number of carbonyl (C=O) groups is 1. The number of aldehydes is 1. The Balaban J connectivity index is 2.51. The van der Waals surface area contributed by atoms with Crippen LogP contribution in [0.2, 0.25) is 10.0 Å². The first-order valence-electron chi connectivity index (χ1n) is 5.75. The van der Waals surface area contributed by atoms with E-state index in [1.807, 2.05) is 0 Å². The van der Waals surface area contributed by atoms with Crippen LogP contribution in [0, 0.1) is 0 Å². The van der Waals surface area contributed by atoms with E-state index in [-0.39, 0.29) is 14.9 Å². The Bertz CT molecular complexity index is 597. The van der Waals surface area contributed by atoms with Gasteiger partial charge in [-0.3, -0.25) is 4.79 Å². The van der Waals surface area contributed by atoms with Gasteiger partial charge in [-0.1, -0.05) is 23.2 Å². The molecule has 0 bridgehead atoms. The Kier molecular flexibility index (Phi) is 3.93. The van der Waals surface area contributed by atoms with E-state index < -0.39 is 15.6 Å². The molecule has 1 fully saturated rings. The van der Waals surface area contributed by atoms with Crippen molar-refractivity contribution in [3.8, 4) is 0 Å². The highest BCUT2D eigenvalue weighted by Crippen LogP contribution is 2.32. The predicted octanol–water partition coefficient (Wildman–Crippen LogP) is 2.57. The first-order valence-corrected chi connectivity index (χ1v) is 7.94. The smallest absolute Gasteiger partial charge is 0.296 e. The topological polar surface area (TPSA) is 57.1 Å². The fourth-order valence-corrected chi connectivity index (χ4v) is 4.79. The maximum absolute atomic E-state index is 12.6. The van der Waals surface area contributed by atoms with E-state index in [2.05, 4.69) is 0 Å². The predicted molar refractivity (Wildman–Crippen MR) is 74.4 cm³/mol. The van der Waals surface area contributed by atoms with Crippen LogP contribution < -0.4 is 4.31 Å². The van der Waals surface area contributed by atoms with Crippen LogP contribution in [0.4, 0.5) is 0 Å². The standard InChI is InChI=1S/C12H13Cl2NO3S/c1-12(8-16)3-2-4-15(12)19(17,18)11-6-9(13)5-10(14)7-11/h5-8H,2-4H2,1H3/q+1/t12-/m0/s1. The Labute approximate surface area is 122 Å². The van der Waals surface area contributed by atoms with Crippen molar-refractivity contribution in [1.29, 1.82) is 0 Å². The molecule has 19 heavy (non-hydrogen) atoms. The van der Waals surface area contributed by atoms with Crippen molar-refractivity contribution in [3.05, 3.63) is 28.2 Å². The van der Waals surface area contributed by atoms with Crippen LogP contribution >= 0.6 is 23.2 Å². The van der Waals surface area contributed by atoms with Crippen LogP contribution in [-0.2, 0) is 14.8 Å². The first kappa shape index (κ1) is 14.8. The second kappa shape index (κ2) is 5.05. The molecule has 0 saturated carbocycles. The van der Waals surface area contributed by atoms with Crippen LogP contribution in [0.25, 0.3) is 0 Å². The lowest BCUT2D eigenvalue weighted by Gasteiger charge is -2.18. The molecule has 0 aliphatic carbocycles. The summed E-state index contributed by atoms with van der Waals surface area (Å²) in [5.74, 6) is 0. The van der Waals surface area contributed by atoms with Gasteiger partial charge in [-0.05, 0) is 22.5 Å². The maximum Gasteiger partial charge on any atom is 0.372 e. The van der Waals surface area contributed by atoms with Gasteiger partial charge in [0.25, 0.3) is 0 Å². The number of benzene rings is 1. The quantitative estimate of drug-likeness (QED) is 0.635. The minimum Gasteiger partial charge on any atom is -0.296 e. The molecule has 1 aromatic carbocycles. The molecule has 103 valence electrons. The van der Waals surface area contributed by atoms with Gasteiger partial charge in [-0.15, -0.1) is 0 Å². The van der Waals surface area contributed by atoms with Gasteiger partial charge in [0.1, 0.15) is 11.4 Å². The van der Waals surface area contributed by atoms with Crippen molar-refractivity contribution in [2.75, 3.05) is 6.54 Å². The fourth-order valence-electron chi connectivity index (χ4n) is 2.28. The number of hydrogen-bond donors (Lipinski definition) is 0. The van der Waals surface area contributed by atoms with E-state index in [1.54, 1.807) is 6.92 Å². The third-order valence-corrected chi connectivity index (χ3v) is 5.74. The molecule has 0 unspecified atom stereocenters. The van der Waals surface area contributed by atoms with Gasteiger partial charge in [-0.2, -0.15) is 8.42 Å². The summed E-state index contributed by atoms with van der Waals surface area (Å²) < 4.78 is 26.3. The molecule has 1 aliphatic heterocycles. The lowest BCUT2D eigenvalue weighted by Crippen LogP contribution is -2.50. The lowest BCUT2D eigenvalue weighted by atomic mass is 10.0. The zero-order valence-electron chi connectivity index (χ0n) is 10.3. The van der Waals surface area contributed by atoms with E-state index in [4.69, 9.17) is 23.2 Å². The van der Waals surface area contributed by atoms with Crippen LogP contribution in [0.15, 0.2) is 23.1 Å². The van der Waals surface area contributed by atoms with Crippen molar-refractivity contribution < 1.29 is 13.2 Å². The highest BCUT2D eigenvalue weighted by Gasteiger charge is 2.54. The van der Waals surface area contributed by atoms with Gasteiger partial charge in [0.15, 0.2) is 6.29 Å². The van der Waals surface area contributed by atoms with Gasteiger partial charge >= 0.3 is 10.0 Å². The van der Waals surface area contributed by atoms with Crippen molar-refractivity contribution >= 4 is 39.5 Å². The number of halogens is 2. The van der Waals surface area contributed by atoms with E-state index in [0.717, 1.165) is 0 Å². The Hall–Kier alpha value is -0.620. The molecule has 1 atom stereocenters. The zero-order chi connectivity index (χ0) is 14.3. The second-order valence-electron chi connectivity index (χ2n) is 4.76. The highest BCUT2D eigenvalue weighted by molar-refractivity contribution is 7.90. The summed E-state index contributed by atoms with van der Waals surface area (Å²) in [7, 11) is -3.77. The maximum atomic E-state index is 12.6. The molecule has 0 spiro atoms. The molecule has 0 amide bonds. The van der Waals surface area contributed by atoms with E-state index in [9.17, 15) is 13.2 Å². The summed E-state index contributed by atoms with van der Waals surface area (Å²) in [5.41, 5.74) is -0.992. The van der Waals surface area contributed by atoms with Gasteiger partial charge in [0.2, 0.25) is 5.54 Å². The monoisotopic (exact) mass is 321 g/mol. The molecule has 0 N–H and O–H groups in total. The summed E-state index contributed by atoms with van der Waals surface area (Å²) in [6.45, 7) is 1.94. The molecule has 1 saturated heterocycles. The summed E-state index contributed by atoms with van der Waals surface area (Å²) in [6.07, 6.45) is 1.86. The lowest BCUT2D eigenvalue weighted by molar-refractivity contribution is -0.112. The third-order valence-electron chi connectivity index (χ3n) is 3.29. The van der Waals surface area contributed by atoms with Gasteiger partial charge < -0.3 is 0 Å². The molecule has 2 rings (SSSR count). The van der Waals surface area contributed by atoms with Crippen LogP contribution in [-0.4, -0.2) is 26.8 Å². The van der Waals surface area contributed by atoms with E-state index >= 15 is 0 Å². The van der Waals surface area contributed by atoms with Crippen molar-refractivity contribution in [2.24, 2.45) is 0 Å². The Morgan fingerprint density at radius 2 is 1.84 bits per heavy atom. The zero-order valence-corrected chi connectivity index (χ0v) is 12.6. The number of carbonyl (C=O) groups excluding carboxylic acids is 1. The second-order valence-corrected chi connectivity index (χ2v) is 7.50. The SMILES string of the molecule is C[C@@]1(C=O)CCC[N+]1S(=O)(=O)c1cc(Cl)cc(Cl)c1. The third kappa shape index (κ3) is 2.65. The first-order chi connectivity index (χ1) is 8.79. The number of rotatable bonds is 3. The summed E-state index contributed by atoms with van der Waals surface area (Å²) >= 11 is 11.7. The van der Waals surface area contributed by atoms with Crippen molar-refractivity contribution in [1.82, 2.24) is 4.31 Å². The fraction of sp³-hybridized carbons (Fsp3) is 0.417. The normalized spacial score (nSPS) is 24.6. The molecule has 1 aromatic rings. The number of hydrogen-bond acceptors (Lipinski definition) is 3. The molecule has 1 aliphatic rings. The van der Waals surface area contributed by atoms with Crippen LogP contribution in [0.3, 0.4) is 0 Å². The molecular weight excluding hydrogens is 309 g/mol. The van der Waals surface area contributed by atoms with Gasteiger partial charge in [0.05, 0.1) is 0 Å². The van der Waals surface area contributed by atoms with Crippen molar-refractivity contribution in [2.45, 2.75) is 30.2 Å².